The van der Waals surface area contributed by atoms with Gasteiger partial charge in [-0.25, -0.2) is 4.39 Å². The van der Waals surface area contributed by atoms with Crippen LogP contribution in [0.3, 0.4) is 0 Å². The van der Waals surface area contributed by atoms with E-state index in [1.54, 1.807) is 12.1 Å². The largest absolute Gasteiger partial charge is 0.512 e. The number of Topliss-reactive ketones (excluding diaryl/α,β-unsaturated/α-hetero) is 1. The number of para-hydroxylation sites is 1. The summed E-state index contributed by atoms with van der Waals surface area (Å²) >= 11 is 0. The SMILES string of the molecule is O=C1CCC=C(O)[C@H]1[C@@H]1c2ccccc2Oc2ccc(F)cc21. The van der Waals surface area contributed by atoms with E-state index in [4.69, 9.17) is 4.74 Å². The van der Waals surface area contributed by atoms with Gasteiger partial charge in [0.25, 0.3) is 0 Å². The third-order valence-electron chi connectivity index (χ3n) is 4.52. The minimum absolute atomic E-state index is 0.0260. The molecule has 0 saturated heterocycles. The minimum Gasteiger partial charge on any atom is -0.512 e. The lowest BCUT2D eigenvalue weighted by molar-refractivity contribution is -0.123. The highest BCUT2D eigenvalue weighted by atomic mass is 19.1. The monoisotopic (exact) mass is 310 g/mol. The van der Waals surface area contributed by atoms with Crippen LogP contribution in [0.15, 0.2) is 54.3 Å². The number of allylic oxidation sites excluding steroid dienone is 2. The molecule has 116 valence electrons. The predicted molar refractivity (Wildman–Crippen MR) is 83.2 cm³/mol. The average molecular weight is 310 g/mol. The second kappa shape index (κ2) is 5.23. The number of ketones is 1. The van der Waals surface area contributed by atoms with Crippen LogP contribution in [-0.2, 0) is 4.79 Å². The number of aliphatic hydroxyl groups is 1. The van der Waals surface area contributed by atoms with Gasteiger partial charge in [0.1, 0.15) is 23.1 Å². The molecule has 1 heterocycles. The second-order valence-electron chi connectivity index (χ2n) is 5.91. The van der Waals surface area contributed by atoms with Crippen molar-refractivity contribution < 1.29 is 19.0 Å². The molecule has 1 aliphatic heterocycles. The smallest absolute Gasteiger partial charge is 0.144 e. The van der Waals surface area contributed by atoms with Gasteiger partial charge in [0.05, 0.1) is 11.7 Å². The van der Waals surface area contributed by atoms with Gasteiger partial charge in [-0.3, -0.25) is 4.79 Å². The third-order valence-corrected chi connectivity index (χ3v) is 4.52. The molecular formula is C19H15FO3. The number of hydrogen-bond donors (Lipinski definition) is 1. The molecule has 2 aliphatic rings. The third kappa shape index (κ3) is 2.22. The van der Waals surface area contributed by atoms with E-state index in [1.807, 2.05) is 24.3 Å². The Balaban J connectivity index is 1.94. The van der Waals surface area contributed by atoms with E-state index in [1.165, 1.54) is 12.1 Å². The van der Waals surface area contributed by atoms with Crippen molar-refractivity contribution in [3.63, 3.8) is 0 Å². The Morgan fingerprint density at radius 3 is 2.65 bits per heavy atom. The Labute approximate surface area is 133 Å². The lowest BCUT2D eigenvalue weighted by Crippen LogP contribution is -2.29. The Morgan fingerprint density at radius 1 is 1.04 bits per heavy atom. The summed E-state index contributed by atoms with van der Waals surface area (Å²) in [6.45, 7) is 0. The fraction of sp³-hybridized carbons (Fsp3) is 0.211. The fourth-order valence-electron chi connectivity index (χ4n) is 3.50. The Bertz CT molecular complexity index is 825. The molecular weight excluding hydrogens is 295 g/mol. The molecule has 1 N–H and O–H groups in total. The summed E-state index contributed by atoms with van der Waals surface area (Å²) in [7, 11) is 0. The van der Waals surface area contributed by atoms with Crippen LogP contribution in [0.2, 0.25) is 0 Å². The molecule has 1 aliphatic carbocycles. The summed E-state index contributed by atoms with van der Waals surface area (Å²) in [5, 5.41) is 10.3. The molecule has 2 aromatic rings. The van der Waals surface area contributed by atoms with E-state index < -0.39 is 11.8 Å². The first-order chi connectivity index (χ1) is 11.1. The van der Waals surface area contributed by atoms with Crippen LogP contribution < -0.4 is 4.74 Å². The summed E-state index contributed by atoms with van der Waals surface area (Å²) in [6.07, 6.45) is 2.62. The number of hydrogen-bond acceptors (Lipinski definition) is 3. The summed E-state index contributed by atoms with van der Waals surface area (Å²) in [6, 6.07) is 11.7. The summed E-state index contributed by atoms with van der Waals surface area (Å²) in [5.41, 5.74) is 1.40. The van der Waals surface area contributed by atoms with Crippen molar-refractivity contribution in [2.45, 2.75) is 18.8 Å². The lowest BCUT2D eigenvalue weighted by Gasteiger charge is -2.34. The number of fused-ring (bicyclic) bond motifs is 2. The Morgan fingerprint density at radius 2 is 1.83 bits per heavy atom. The van der Waals surface area contributed by atoms with E-state index in [9.17, 15) is 14.3 Å². The first kappa shape index (κ1) is 14.0. The Kier molecular flexibility index (Phi) is 3.18. The number of halogens is 1. The molecule has 3 nitrogen and oxygen atoms in total. The molecule has 0 radical (unpaired) electrons. The second-order valence-corrected chi connectivity index (χ2v) is 5.91. The lowest BCUT2D eigenvalue weighted by atomic mass is 9.73. The first-order valence-electron chi connectivity index (χ1n) is 7.63. The molecule has 4 rings (SSSR count). The van der Waals surface area contributed by atoms with E-state index in [2.05, 4.69) is 0 Å². The number of aliphatic hydroxyl groups excluding tert-OH is 1. The van der Waals surface area contributed by atoms with Crippen LogP contribution in [0.1, 0.15) is 29.9 Å². The van der Waals surface area contributed by atoms with Gasteiger partial charge in [0.15, 0.2) is 0 Å². The van der Waals surface area contributed by atoms with Gasteiger partial charge >= 0.3 is 0 Å². The molecule has 2 atom stereocenters. The highest BCUT2D eigenvalue weighted by Crippen LogP contribution is 2.50. The van der Waals surface area contributed by atoms with E-state index in [0.717, 1.165) is 5.56 Å². The molecule has 0 amide bonds. The summed E-state index contributed by atoms with van der Waals surface area (Å²) in [5.74, 6) is -0.295. The van der Waals surface area contributed by atoms with Gasteiger partial charge in [-0.15, -0.1) is 0 Å². The maximum Gasteiger partial charge on any atom is 0.144 e. The van der Waals surface area contributed by atoms with Crippen LogP contribution in [0, 0.1) is 11.7 Å². The number of benzene rings is 2. The first-order valence-corrected chi connectivity index (χ1v) is 7.63. The predicted octanol–water partition coefficient (Wildman–Crippen LogP) is 4.48. The molecule has 4 heteroatoms. The normalized spacial score (nSPS) is 22.7. The zero-order valence-electron chi connectivity index (χ0n) is 12.3. The van der Waals surface area contributed by atoms with Gasteiger partial charge in [-0.1, -0.05) is 18.2 Å². The van der Waals surface area contributed by atoms with Gasteiger partial charge in [-0.05, 0) is 36.8 Å². The number of ether oxygens (including phenoxy) is 1. The highest BCUT2D eigenvalue weighted by Gasteiger charge is 2.40. The molecule has 23 heavy (non-hydrogen) atoms. The number of rotatable bonds is 1. The van der Waals surface area contributed by atoms with Crippen molar-refractivity contribution in [3.05, 3.63) is 71.2 Å². The molecule has 0 saturated carbocycles. The topological polar surface area (TPSA) is 46.5 Å². The van der Waals surface area contributed by atoms with Crippen molar-refractivity contribution >= 4 is 5.78 Å². The fourth-order valence-corrected chi connectivity index (χ4v) is 3.50. The maximum absolute atomic E-state index is 13.8. The van der Waals surface area contributed by atoms with Crippen molar-refractivity contribution in [3.8, 4) is 11.5 Å². The zero-order chi connectivity index (χ0) is 16.0. The molecule has 2 aromatic carbocycles. The highest BCUT2D eigenvalue weighted by molar-refractivity contribution is 5.86. The summed E-state index contributed by atoms with van der Waals surface area (Å²) < 4.78 is 19.6. The van der Waals surface area contributed by atoms with E-state index >= 15 is 0 Å². The van der Waals surface area contributed by atoms with Gasteiger partial charge in [0.2, 0.25) is 0 Å². The minimum atomic E-state index is -0.686. The van der Waals surface area contributed by atoms with E-state index in [0.29, 0.717) is 29.9 Å². The number of carbonyl (C=O) groups excluding carboxylic acids is 1. The zero-order valence-corrected chi connectivity index (χ0v) is 12.3. The molecule has 0 unspecified atom stereocenters. The Hall–Kier alpha value is -2.62. The van der Waals surface area contributed by atoms with Crippen molar-refractivity contribution in [2.24, 2.45) is 5.92 Å². The standard InChI is InChI=1S/C19H15FO3/c20-11-8-9-17-13(10-11)18(12-4-1-2-7-16(12)23-17)19-14(21)5-3-6-15(19)22/h1-2,4-5,7-10,18-19,21H,3,6H2/t18-,19-/m1/s1. The maximum atomic E-state index is 13.8. The van der Waals surface area contributed by atoms with Crippen LogP contribution >= 0.6 is 0 Å². The number of carbonyl (C=O) groups is 1. The van der Waals surface area contributed by atoms with Crippen LogP contribution in [0.4, 0.5) is 4.39 Å². The van der Waals surface area contributed by atoms with E-state index in [-0.39, 0.29) is 17.4 Å². The molecule has 0 bridgehead atoms. The molecule has 0 fully saturated rings. The van der Waals surface area contributed by atoms with Gasteiger partial charge < -0.3 is 9.84 Å². The van der Waals surface area contributed by atoms with Crippen LogP contribution in [0.25, 0.3) is 0 Å². The summed E-state index contributed by atoms with van der Waals surface area (Å²) in [4.78, 5) is 12.5. The van der Waals surface area contributed by atoms with Gasteiger partial charge in [0, 0.05) is 23.5 Å². The van der Waals surface area contributed by atoms with Gasteiger partial charge in [-0.2, -0.15) is 0 Å². The average Bonchev–Trinajstić information content (AvgIpc) is 2.54. The van der Waals surface area contributed by atoms with Crippen LogP contribution in [0.5, 0.6) is 11.5 Å². The van der Waals surface area contributed by atoms with Crippen LogP contribution in [-0.4, -0.2) is 10.9 Å². The van der Waals surface area contributed by atoms with Crippen molar-refractivity contribution in [1.82, 2.24) is 0 Å². The van der Waals surface area contributed by atoms with Crippen molar-refractivity contribution in [1.29, 1.82) is 0 Å². The molecule has 0 spiro atoms. The quantitative estimate of drug-likeness (QED) is 0.844. The molecule has 0 aromatic heterocycles. The van der Waals surface area contributed by atoms with Crippen molar-refractivity contribution in [2.75, 3.05) is 0 Å².